The Kier molecular flexibility index (Phi) is 7.26. The molecule has 0 bridgehead atoms. The number of rotatable bonds is 8. The van der Waals surface area contributed by atoms with Crippen LogP contribution in [0.3, 0.4) is 0 Å². The first-order chi connectivity index (χ1) is 9.51. The molecule has 0 fully saturated rings. The molecule has 0 unspecified atom stereocenters. The van der Waals surface area contributed by atoms with Crippen LogP contribution in [0.5, 0.6) is 0 Å². The van der Waals surface area contributed by atoms with Gasteiger partial charge in [0.2, 0.25) is 5.91 Å². The van der Waals surface area contributed by atoms with E-state index in [9.17, 15) is 4.79 Å². The van der Waals surface area contributed by atoms with Gasteiger partial charge in [-0.15, -0.1) is 0 Å². The van der Waals surface area contributed by atoms with Gasteiger partial charge in [-0.3, -0.25) is 9.69 Å². The molecule has 20 heavy (non-hydrogen) atoms. The summed E-state index contributed by atoms with van der Waals surface area (Å²) < 4.78 is 0. The molecule has 4 nitrogen and oxygen atoms in total. The van der Waals surface area contributed by atoms with Gasteiger partial charge in [0.15, 0.2) is 0 Å². The summed E-state index contributed by atoms with van der Waals surface area (Å²) in [6.07, 6.45) is 0.921. The molecule has 0 saturated heterocycles. The van der Waals surface area contributed by atoms with Crippen molar-refractivity contribution in [1.82, 2.24) is 4.90 Å². The van der Waals surface area contributed by atoms with Crippen molar-refractivity contribution in [3.8, 4) is 0 Å². The van der Waals surface area contributed by atoms with Gasteiger partial charge in [0.1, 0.15) is 0 Å². The van der Waals surface area contributed by atoms with Crippen molar-refractivity contribution in [1.29, 1.82) is 0 Å². The number of nitrogens with one attached hydrogen (secondary N) is 1. The average Bonchev–Trinajstić information content (AvgIpc) is 2.35. The number of anilines is 1. The molecule has 112 valence electrons. The largest absolute Gasteiger partial charge is 0.330 e. The van der Waals surface area contributed by atoms with Crippen molar-refractivity contribution < 1.29 is 4.79 Å². The average molecular weight is 277 g/mol. The Morgan fingerprint density at radius 3 is 2.75 bits per heavy atom. The molecule has 0 atom stereocenters. The minimum Gasteiger partial charge on any atom is -0.330 e. The second-order valence-corrected chi connectivity index (χ2v) is 5.69. The Labute approximate surface area is 122 Å². The van der Waals surface area contributed by atoms with Crippen LogP contribution >= 0.6 is 0 Å². The molecule has 0 spiro atoms. The fraction of sp³-hybridized carbons (Fsp3) is 0.562. The summed E-state index contributed by atoms with van der Waals surface area (Å²) in [4.78, 5) is 14.3. The number of amides is 1. The van der Waals surface area contributed by atoms with E-state index in [1.54, 1.807) is 0 Å². The highest BCUT2D eigenvalue weighted by atomic mass is 16.2. The predicted octanol–water partition coefficient (Wildman–Crippen LogP) is 2.24. The molecular formula is C16H27N3O. The van der Waals surface area contributed by atoms with Gasteiger partial charge in [-0.2, -0.15) is 0 Å². The van der Waals surface area contributed by atoms with Gasteiger partial charge < -0.3 is 11.1 Å². The van der Waals surface area contributed by atoms with Crippen molar-refractivity contribution in [2.45, 2.75) is 27.2 Å². The lowest BCUT2D eigenvalue weighted by molar-refractivity contribution is -0.117. The lowest BCUT2D eigenvalue weighted by atomic mass is 10.2. The highest BCUT2D eigenvalue weighted by molar-refractivity contribution is 5.92. The first-order valence-corrected chi connectivity index (χ1v) is 7.30. The number of benzene rings is 1. The first-order valence-electron chi connectivity index (χ1n) is 7.30. The standard InChI is InChI=1S/C16H27N3O/c1-13(2)11-19(9-5-8-17)12-16(20)18-15-7-4-6-14(3)10-15/h4,6-7,10,13H,5,8-9,11-12,17H2,1-3H3,(H,18,20). The van der Waals surface area contributed by atoms with E-state index in [4.69, 9.17) is 5.73 Å². The van der Waals surface area contributed by atoms with E-state index in [0.29, 0.717) is 19.0 Å². The summed E-state index contributed by atoms with van der Waals surface area (Å²) in [6.45, 7) is 9.21. The van der Waals surface area contributed by atoms with E-state index in [1.807, 2.05) is 31.2 Å². The number of hydrogen-bond acceptors (Lipinski definition) is 3. The van der Waals surface area contributed by atoms with Gasteiger partial charge in [-0.05, 0) is 50.0 Å². The molecule has 3 N–H and O–H groups in total. The van der Waals surface area contributed by atoms with Gasteiger partial charge >= 0.3 is 0 Å². The smallest absolute Gasteiger partial charge is 0.238 e. The van der Waals surface area contributed by atoms with Crippen LogP contribution in [-0.4, -0.2) is 37.0 Å². The monoisotopic (exact) mass is 277 g/mol. The predicted molar refractivity (Wildman–Crippen MR) is 84.8 cm³/mol. The van der Waals surface area contributed by atoms with Crippen LogP contribution < -0.4 is 11.1 Å². The van der Waals surface area contributed by atoms with E-state index in [1.165, 1.54) is 0 Å². The third-order valence-corrected chi connectivity index (χ3v) is 2.97. The molecule has 0 heterocycles. The van der Waals surface area contributed by atoms with Crippen LogP contribution in [0.15, 0.2) is 24.3 Å². The van der Waals surface area contributed by atoms with Crippen molar-refractivity contribution in [2.24, 2.45) is 11.7 Å². The third kappa shape index (κ3) is 6.68. The molecular weight excluding hydrogens is 250 g/mol. The Morgan fingerprint density at radius 1 is 1.40 bits per heavy atom. The van der Waals surface area contributed by atoms with E-state index >= 15 is 0 Å². The SMILES string of the molecule is Cc1cccc(NC(=O)CN(CCCN)CC(C)C)c1. The third-order valence-electron chi connectivity index (χ3n) is 2.97. The van der Waals surface area contributed by atoms with Crippen LogP contribution in [0.25, 0.3) is 0 Å². The molecule has 4 heteroatoms. The molecule has 0 aliphatic carbocycles. The van der Waals surface area contributed by atoms with Gasteiger partial charge in [0.25, 0.3) is 0 Å². The lowest BCUT2D eigenvalue weighted by Gasteiger charge is -2.23. The van der Waals surface area contributed by atoms with Gasteiger partial charge in [-0.25, -0.2) is 0 Å². The molecule has 0 aliphatic heterocycles. The Hall–Kier alpha value is -1.39. The number of nitrogens with zero attached hydrogens (tertiary/aromatic N) is 1. The first kappa shape index (κ1) is 16.7. The Bertz CT molecular complexity index is 418. The summed E-state index contributed by atoms with van der Waals surface area (Å²) in [5.74, 6) is 0.577. The van der Waals surface area contributed by atoms with E-state index in [2.05, 4.69) is 24.1 Å². The minimum atomic E-state index is 0.0354. The fourth-order valence-corrected chi connectivity index (χ4v) is 2.19. The fourth-order valence-electron chi connectivity index (χ4n) is 2.19. The molecule has 1 rings (SSSR count). The van der Waals surface area contributed by atoms with Crippen LogP contribution in [-0.2, 0) is 4.79 Å². The van der Waals surface area contributed by atoms with Crippen molar-refractivity contribution in [2.75, 3.05) is 31.5 Å². The quantitative estimate of drug-likeness (QED) is 0.766. The zero-order chi connectivity index (χ0) is 15.0. The highest BCUT2D eigenvalue weighted by Crippen LogP contribution is 2.09. The van der Waals surface area contributed by atoms with E-state index in [0.717, 1.165) is 30.8 Å². The van der Waals surface area contributed by atoms with E-state index in [-0.39, 0.29) is 5.91 Å². The molecule has 0 aromatic heterocycles. The maximum Gasteiger partial charge on any atom is 0.238 e. The number of aryl methyl sites for hydroxylation is 1. The van der Waals surface area contributed by atoms with Crippen molar-refractivity contribution >= 4 is 11.6 Å². The maximum atomic E-state index is 12.1. The summed E-state index contributed by atoms with van der Waals surface area (Å²) >= 11 is 0. The lowest BCUT2D eigenvalue weighted by Crippen LogP contribution is -2.37. The van der Waals surface area contributed by atoms with Crippen molar-refractivity contribution in [3.05, 3.63) is 29.8 Å². The summed E-state index contributed by atoms with van der Waals surface area (Å²) in [7, 11) is 0. The summed E-state index contributed by atoms with van der Waals surface area (Å²) in [6, 6.07) is 7.86. The van der Waals surface area contributed by atoms with Gasteiger partial charge in [0.05, 0.1) is 6.54 Å². The zero-order valence-corrected chi connectivity index (χ0v) is 12.9. The van der Waals surface area contributed by atoms with Crippen LogP contribution in [0, 0.1) is 12.8 Å². The normalized spacial score (nSPS) is 11.1. The number of carbonyl (C=O) groups excluding carboxylic acids is 1. The molecule has 0 saturated carbocycles. The van der Waals surface area contributed by atoms with Crippen LogP contribution in [0.2, 0.25) is 0 Å². The molecule has 0 radical (unpaired) electrons. The topological polar surface area (TPSA) is 58.4 Å². The molecule has 1 amide bonds. The van der Waals surface area contributed by atoms with Gasteiger partial charge in [-0.1, -0.05) is 26.0 Å². The second-order valence-electron chi connectivity index (χ2n) is 5.69. The van der Waals surface area contributed by atoms with Crippen molar-refractivity contribution in [3.63, 3.8) is 0 Å². The molecule has 1 aromatic carbocycles. The molecule has 1 aromatic rings. The van der Waals surface area contributed by atoms with E-state index < -0.39 is 0 Å². The van der Waals surface area contributed by atoms with Crippen LogP contribution in [0.1, 0.15) is 25.8 Å². The zero-order valence-electron chi connectivity index (χ0n) is 12.9. The molecule has 0 aliphatic rings. The highest BCUT2D eigenvalue weighted by Gasteiger charge is 2.12. The number of nitrogens with two attached hydrogens (primary N) is 1. The number of hydrogen-bond donors (Lipinski definition) is 2. The second kappa shape index (κ2) is 8.72. The Morgan fingerprint density at radius 2 is 2.15 bits per heavy atom. The minimum absolute atomic E-state index is 0.0354. The number of carbonyl (C=O) groups is 1. The van der Waals surface area contributed by atoms with Gasteiger partial charge in [0, 0.05) is 12.2 Å². The Balaban J connectivity index is 2.52. The van der Waals surface area contributed by atoms with Crippen LogP contribution in [0.4, 0.5) is 5.69 Å². The maximum absolute atomic E-state index is 12.1. The summed E-state index contributed by atoms with van der Waals surface area (Å²) in [5, 5.41) is 2.95. The summed E-state index contributed by atoms with van der Waals surface area (Å²) in [5.41, 5.74) is 7.55.